The second-order valence-electron chi connectivity index (χ2n) is 8.28. The first-order valence-corrected chi connectivity index (χ1v) is 10.8. The highest BCUT2D eigenvalue weighted by atomic mass is 35.5. The second kappa shape index (κ2) is 13.9. The summed E-state index contributed by atoms with van der Waals surface area (Å²) < 4.78 is 0. The fraction of sp³-hybridized carbons (Fsp3) is 0.636. The van der Waals surface area contributed by atoms with E-state index in [2.05, 4.69) is 15.5 Å². The van der Waals surface area contributed by atoms with E-state index in [0.29, 0.717) is 18.9 Å². The number of carbonyl (C=O) groups is 2. The van der Waals surface area contributed by atoms with Crippen LogP contribution < -0.4 is 16.4 Å². The lowest BCUT2D eigenvalue weighted by Crippen LogP contribution is -2.35. The predicted molar refractivity (Wildman–Crippen MR) is 128 cm³/mol. The Morgan fingerprint density at radius 1 is 0.833 bits per heavy atom. The van der Waals surface area contributed by atoms with Crippen LogP contribution in [0.3, 0.4) is 0 Å². The molecule has 1 aromatic rings. The first-order chi connectivity index (χ1) is 13.6. The number of halogens is 2. The van der Waals surface area contributed by atoms with Gasteiger partial charge < -0.3 is 16.4 Å². The maximum Gasteiger partial charge on any atom is 0.238 e. The highest BCUT2D eigenvalue weighted by Crippen LogP contribution is 2.27. The van der Waals surface area contributed by atoms with E-state index < -0.39 is 0 Å². The lowest BCUT2D eigenvalue weighted by atomic mass is 10.00. The Morgan fingerprint density at radius 3 is 1.90 bits per heavy atom. The fourth-order valence-corrected chi connectivity index (χ4v) is 4.28. The summed E-state index contributed by atoms with van der Waals surface area (Å²) in [5.41, 5.74) is 7.55. The molecule has 0 spiro atoms. The van der Waals surface area contributed by atoms with E-state index >= 15 is 0 Å². The van der Waals surface area contributed by atoms with Crippen LogP contribution in [0.4, 0.5) is 11.4 Å². The Balaban J connectivity index is 0.00000225. The molecule has 1 aromatic carbocycles. The van der Waals surface area contributed by atoms with Crippen molar-refractivity contribution in [3.63, 3.8) is 0 Å². The van der Waals surface area contributed by atoms with E-state index in [1.807, 2.05) is 24.3 Å². The van der Waals surface area contributed by atoms with Gasteiger partial charge in [0.25, 0.3) is 0 Å². The largest absolute Gasteiger partial charge is 0.327 e. The quantitative estimate of drug-likeness (QED) is 0.595. The molecule has 2 aliphatic rings. The van der Waals surface area contributed by atoms with E-state index in [0.717, 1.165) is 43.7 Å². The molecule has 30 heavy (non-hydrogen) atoms. The number of hydrogen-bond donors (Lipinski definition) is 3. The summed E-state index contributed by atoms with van der Waals surface area (Å²) in [7, 11) is 0. The molecule has 0 unspecified atom stereocenters. The number of nitrogens with two attached hydrogens (primary N) is 1. The molecule has 1 saturated carbocycles. The van der Waals surface area contributed by atoms with Crippen LogP contribution in [0.15, 0.2) is 24.3 Å². The standard InChI is InChI=1S/C22H34N4O2.2ClH/c23-20-8-6-7-17(20)15-21(27)24-18-9-11-19(12-10-18)25-22(28)16-26-13-4-2-1-3-5-14-26;;/h9-12,17,20H,1-8,13-16,23H2,(H,24,27)(H,25,28);2*1H/t17-,20+;;/m0../s1. The van der Waals surface area contributed by atoms with Crippen LogP contribution in [0.1, 0.15) is 57.8 Å². The summed E-state index contributed by atoms with van der Waals surface area (Å²) in [6.45, 7) is 2.45. The maximum atomic E-state index is 12.3. The third-order valence-corrected chi connectivity index (χ3v) is 5.93. The molecule has 2 atom stereocenters. The number of nitrogens with one attached hydrogen (secondary N) is 2. The van der Waals surface area contributed by atoms with Crippen molar-refractivity contribution in [3.8, 4) is 0 Å². The van der Waals surface area contributed by atoms with E-state index in [9.17, 15) is 9.59 Å². The monoisotopic (exact) mass is 458 g/mol. The van der Waals surface area contributed by atoms with Crippen LogP contribution in [-0.2, 0) is 9.59 Å². The van der Waals surface area contributed by atoms with Gasteiger partial charge in [0.1, 0.15) is 0 Å². The van der Waals surface area contributed by atoms with Crippen LogP contribution in [0.5, 0.6) is 0 Å². The van der Waals surface area contributed by atoms with Gasteiger partial charge in [0.2, 0.25) is 11.8 Å². The number of anilines is 2. The van der Waals surface area contributed by atoms with Crippen molar-refractivity contribution < 1.29 is 9.59 Å². The van der Waals surface area contributed by atoms with Gasteiger partial charge in [-0.2, -0.15) is 0 Å². The second-order valence-corrected chi connectivity index (χ2v) is 8.28. The van der Waals surface area contributed by atoms with Crippen LogP contribution in [0.2, 0.25) is 0 Å². The highest BCUT2D eigenvalue weighted by molar-refractivity contribution is 5.93. The first kappa shape index (κ1) is 26.7. The molecular formula is C22H36Cl2N4O2. The van der Waals surface area contributed by atoms with Gasteiger partial charge in [0.15, 0.2) is 0 Å². The SMILES string of the molecule is Cl.Cl.N[C@@H]1CCC[C@H]1CC(=O)Nc1ccc(NC(=O)CN2CCCCCCC2)cc1. The molecule has 8 heteroatoms. The predicted octanol–water partition coefficient (Wildman–Crippen LogP) is 4.19. The number of likely N-dealkylation sites (tertiary alicyclic amines) is 1. The molecule has 2 fully saturated rings. The van der Waals surface area contributed by atoms with Crippen molar-refractivity contribution in [3.05, 3.63) is 24.3 Å². The van der Waals surface area contributed by atoms with Crippen LogP contribution in [0.25, 0.3) is 0 Å². The molecule has 3 rings (SSSR count). The molecule has 2 amide bonds. The normalized spacial score (nSPS) is 22.0. The van der Waals surface area contributed by atoms with Gasteiger partial charge in [0, 0.05) is 23.8 Å². The number of hydrogen-bond acceptors (Lipinski definition) is 4. The molecule has 170 valence electrons. The summed E-state index contributed by atoms with van der Waals surface area (Å²) in [5.74, 6) is 0.325. The van der Waals surface area contributed by atoms with Gasteiger partial charge in [-0.15, -0.1) is 24.8 Å². The van der Waals surface area contributed by atoms with E-state index in [4.69, 9.17) is 5.73 Å². The molecule has 1 aliphatic heterocycles. The van der Waals surface area contributed by atoms with Crippen molar-refractivity contribution >= 4 is 48.0 Å². The van der Waals surface area contributed by atoms with Gasteiger partial charge in [-0.3, -0.25) is 14.5 Å². The van der Waals surface area contributed by atoms with Crippen molar-refractivity contribution in [2.45, 2.75) is 63.8 Å². The van der Waals surface area contributed by atoms with E-state index in [-0.39, 0.29) is 42.7 Å². The molecule has 1 aliphatic carbocycles. The minimum Gasteiger partial charge on any atom is -0.327 e. The zero-order valence-electron chi connectivity index (χ0n) is 17.6. The zero-order valence-corrected chi connectivity index (χ0v) is 19.2. The maximum absolute atomic E-state index is 12.3. The van der Waals surface area contributed by atoms with Gasteiger partial charge in [0.05, 0.1) is 6.54 Å². The number of benzene rings is 1. The molecule has 1 saturated heterocycles. The van der Waals surface area contributed by atoms with Gasteiger partial charge >= 0.3 is 0 Å². The lowest BCUT2D eigenvalue weighted by Gasteiger charge is -2.23. The Bertz CT molecular complexity index is 649. The average molecular weight is 459 g/mol. The lowest BCUT2D eigenvalue weighted by molar-refractivity contribution is -0.118. The highest BCUT2D eigenvalue weighted by Gasteiger charge is 2.26. The van der Waals surface area contributed by atoms with Gasteiger partial charge in [-0.1, -0.05) is 25.7 Å². The Labute approximate surface area is 192 Å². The third kappa shape index (κ3) is 8.80. The van der Waals surface area contributed by atoms with Crippen molar-refractivity contribution in [1.29, 1.82) is 0 Å². The Kier molecular flexibility index (Phi) is 12.3. The fourth-order valence-electron chi connectivity index (χ4n) is 4.28. The molecule has 1 heterocycles. The van der Waals surface area contributed by atoms with Crippen LogP contribution in [0, 0.1) is 5.92 Å². The van der Waals surface area contributed by atoms with Crippen molar-refractivity contribution in [2.24, 2.45) is 11.7 Å². The number of amides is 2. The minimum atomic E-state index is 0. The zero-order chi connectivity index (χ0) is 19.8. The van der Waals surface area contributed by atoms with Crippen LogP contribution in [-0.4, -0.2) is 42.4 Å². The smallest absolute Gasteiger partial charge is 0.238 e. The number of nitrogens with zero attached hydrogens (tertiary/aromatic N) is 1. The summed E-state index contributed by atoms with van der Waals surface area (Å²) in [6.07, 6.45) is 9.84. The summed E-state index contributed by atoms with van der Waals surface area (Å²) in [5, 5.41) is 5.89. The average Bonchev–Trinajstić information content (AvgIpc) is 3.03. The van der Waals surface area contributed by atoms with Crippen molar-refractivity contribution in [1.82, 2.24) is 4.90 Å². The van der Waals surface area contributed by atoms with Gasteiger partial charge in [-0.05, 0) is 69.0 Å². The molecule has 0 radical (unpaired) electrons. The number of rotatable bonds is 6. The third-order valence-electron chi connectivity index (χ3n) is 5.93. The Morgan fingerprint density at radius 2 is 1.37 bits per heavy atom. The summed E-state index contributed by atoms with van der Waals surface area (Å²) in [4.78, 5) is 26.8. The summed E-state index contributed by atoms with van der Waals surface area (Å²) in [6, 6.07) is 7.48. The Hall–Kier alpha value is -1.34. The molecule has 4 N–H and O–H groups in total. The number of carbonyl (C=O) groups excluding carboxylic acids is 2. The van der Waals surface area contributed by atoms with Crippen LogP contribution >= 0.6 is 24.8 Å². The molecule has 0 bridgehead atoms. The minimum absolute atomic E-state index is 0. The first-order valence-electron chi connectivity index (χ1n) is 10.8. The molecule has 0 aromatic heterocycles. The molecule has 6 nitrogen and oxygen atoms in total. The van der Waals surface area contributed by atoms with E-state index in [1.54, 1.807) is 0 Å². The van der Waals surface area contributed by atoms with Crippen molar-refractivity contribution in [2.75, 3.05) is 30.3 Å². The van der Waals surface area contributed by atoms with E-state index in [1.165, 1.54) is 32.1 Å². The topological polar surface area (TPSA) is 87.5 Å². The molecular weight excluding hydrogens is 423 g/mol. The summed E-state index contributed by atoms with van der Waals surface area (Å²) >= 11 is 0. The van der Waals surface area contributed by atoms with Gasteiger partial charge in [-0.25, -0.2) is 0 Å².